The summed E-state index contributed by atoms with van der Waals surface area (Å²) in [4.78, 5) is 8.90. The van der Waals surface area contributed by atoms with E-state index in [1.807, 2.05) is 53.1 Å². The standard InChI is InChI=1S/C20H15ClN6OS/c1-28-13-8-6-12(7-9-13)23-20-24-18-17(29-20)19(26-25-18)27-11-22-10-16(27)14-4-2-3-5-15(14)21/h2-11H,1H3,(H2,23,24,25,26). The van der Waals surface area contributed by atoms with E-state index < -0.39 is 0 Å². The maximum absolute atomic E-state index is 6.39. The summed E-state index contributed by atoms with van der Waals surface area (Å²) in [6.07, 6.45) is 3.50. The van der Waals surface area contributed by atoms with E-state index in [0.717, 1.165) is 38.3 Å². The van der Waals surface area contributed by atoms with E-state index in [1.165, 1.54) is 11.3 Å². The minimum atomic E-state index is 0.659. The zero-order valence-corrected chi connectivity index (χ0v) is 16.8. The minimum Gasteiger partial charge on any atom is -0.497 e. The molecule has 29 heavy (non-hydrogen) atoms. The molecule has 0 saturated heterocycles. The average Bonchev–Trinajstić information content (AvgIpc) is 3.45. The lowest BCUT2D eigenvalue weighted by atomic mass is 10.1. The SMILES string of the molecule is COc1ccc(Nc2nc3[nH]nc(-n4cncc4-c4ccccc4Cl)c3s2)cc1. The molecule has 3 heterocycles. The third-order valence-corrected chi connectivity index (χ3v) is 5.75. The lowest BCUT2D eigenvalue weighted by Gasteiger charge is -2.07. The van der Waals surface area contributed by atoms with Crippen LogP contribution in [0.1, 0.15) is 0 Å². The highest BCUT2D eigenvalue weighted by Crippen LogP contribution is 2.35. The van der Waals surface area contributed by atoms with Gasteiger partial charge < -0.3 is 10.1 Å². The Bertz CT molecular complexity index is 1290. The summed E-state index contributed by atoms with van der Waals surface area (Å²) in [6.45, 7) is 0. The van der Waals surface area contributed by atoms with Crippen molar-refractivity contribution in [3.63, 3.8) is 0 Å². The van der Waals surface area contributed by atoms with Crippen molar-refractivity contribution >= 4 is 44.1 Å². The molecule has 0 aliphatic rings. The van der Waals surface area contributed by atoms with Crippen LogP contribution in [0.15, 0.2) is 61.1 Å². The van der Waals surface area contributed by atoms with Gasteiger partial charge in [-0.25, -0.2) is 9.97 Å². The number of H-pyrrole nitrogens is 1. The Hall–Kier alpha value is -3.36. The van der Waals surface area contributed by atoms with E-state index in [-0.39, 0.29) is 0 Å². The number of nitrogens with zero attached hydrogens (tertiary/aromatic N) is 4. The van der Waals surface area contributed by atoms with E-state index in [4.69, 9.17) is 16.3 Å². The molecule has 0 bridgehead atoms. The Labute approximate surface area is 175 Å². The molecule has 0 radical (unpaired) electrons. The number of aromatic nitrogens is 5. The van der Waals surface area contributed by atoms with E-state index in [9.17, 15) is 0 Å². The van der Waals surface area contributed by atoms with Gasteiger partial charge in [0.2, 0.25) is 0 Å². The second kappa shape index (κ2) is 7.23. The lowest BCUT2D eigenvalue weighted by molar-refractivity contribution is 0.415. The largest absolute Gasteiger partial charge is 0.497 e. The summed E-state index contributed by atoms with van der Waals surface area (Å²) in [5.41, 5.74) is 3.39. The van der Waals surface area contributed by atoms with Crippen LogP contribution < -0.4 is 10.1 Å². The molecule has 5 rings (SSSR count). The monoisotopic (exact) mass is 422 g/mol. The van der Waals surface area contributed by atoms with E-state index in [0.29, 0.717) is 10.7 Å². The Balaban J connectivity index is 1.51. The van der Waals surface area contributed by atoms with Crippen molar-refractivity contribution in [3.8, 4) is 22.8 Å². The molecule has 144 valence electrons. The first-order valence-electron chi connectivity index (χ1n) is 8.76. The number of hydrogen-bond donors (Lipinski definition) is 2. The zero-order valence-electron chi connectivity index (χ0n) is 15.3. The highest BCUT2D eigenvalue weighted by Gasteiger charge is 2.18. The van der Waals surface area contributed by atoms with Crippen LogP contribution in [0.3, 0.4) is 0 Å². The molecule has 5 aromatic rings. The second-order valence-electron chi connectivity index (χ2n) is 6.23. The van der Waals surface area contributed by atoms with Crippen molar-refractivity contribution in [2.24, 2.45) is 0 Å². The van der Waals surface area contributed by atoms with Gasteiger partial charge in [0.05, 0.1) is 19.0 Å². The maximum atomic E-state index is 6.39. The van der Waals surface area contributed by atoms with E-state index in [2.05, 4.69) is 25.5 Å². The van der Waals surface area contributed by atoms with Crippen LogP contribution in [0.4, 0.5) is 10.8 Å². The van der Waals surface area contributed by atoms with Gasteiger partial charge in [0.25, 0.3) is 0 Å². The fourth-order valence-corrected chi connectivity index (χ4v) is 4.21. The summed E-state index contributed by atoms with van der Waals surface area (Å²) in [6, 6.07) is 15.4. The van der Waals surface area contributed by atoms with Gasteiger partial charge in [-0.05, 0) is 30.3 Å². The molecular formula is C20H15ClN6OS. The molecule has 0 unspecified atom stereocenters. The number of fused-ring (bicyclic) bond motifs is 1. The Kier molecular flexibility index (Phi) is 4.42. The number of anilines is 2. The van der Waals surface area contributed by atoms with Crippen molar-refractivity contribution in [1.29, 1.82) is 0 Å². The van der Waals surface area contributed by atoms with Crippen molar-refractivity contribution in [2.45, 2.75) is 0 Å². The molecule has 2 aromatic carbocycles. The molecule has 7 nitrogen and oxygen atoms in total. The van der Waals surface area contributed by atoms with Gasteiger partial charge in [0.15, 0.2) is 16.6 Å². The molecule has 3 aromatic heterocycles. The molecule has 0 spiro atoms. The number of halogens is 1. The fraction of sp³-hybridized carbons (Fsp3) is 0.0500. The average molecular weight is 423 g/mol. The molecule has 0 fully saturated rings. The molecule has 0 aliphatic carbocycles. The zero-order chi connectivity index (χ0) is 19.8. The van der Waals surface area contributed by atoms with Crippen molar-refractivity contribution < 1.29 is 4.74 Å². The number of aromatic amines is 1. The van der Waals surface area contributed by atoms with Gasteiger partial charge >= 0.3 is 0 Å². The first-order valence-corrected chi connectivity index (χ1v) is 9.96. The van der Waals surface area contributed by atoms with Gasteiger partial charge in [-0.15, -0.1) is 0 Å². The summed E-state index contributed by atoms with van der Waals surface area (Å²) < 4.78 is 8.03. The number of rotatable bonds is 5. The Morgan fingerprint density at radius 1 is 1.14 bits per heavy atom. The highest BCUT2D eigenvalue weighted by molar-refractivity contribution is 7.22. The molecule has 0 saturated carbocycles. The van der Waals surface area contributed by atoms with Gasteiger partial charge in [0, 0.05) is 16.3 Å². The summed E-state index contributed by atoms with van der Waals surface area (Å²) >= 11 is 7.90. The van der Waals surface area contributed by atoms with Crippen LogP contribution in [0.5, 0.6) is 5.75 Å². The third-order valence-electron chi connectivity index (χ3n) is 4.46. The number of ether oxygens (including phenoxy) is 1. The van der Waals surface area contributed by atoms with Crippen molar-refractivity contribution in [2.75, 3.05) is 12.4 Å². The normalized spacial score (nSPS) is 11.1. The van der Waals surface area contributed by atoms with Crippen LogP contribution in [0, 0.1) is 0 Å². The van der Waals surface area contributed by atoms with Gasteiger partial charge in [-0.2, -0.15) is 5.10 Å². The number of benzene rings is 2. The number of thiazole rings is 1. The predicted molar refractivity (Wildman–Crippen MR) is 116 cm³/mol. The topological polar surface area (TPSA) is 80.6 Å². The fourth-order valence-electron chi connectivity index (χ4n) is 3.05. The minimum absolute atomic E-state index is 0.659. The highest BCUT2D eigenvalue weighted by atomic mass is 35.5. The summed E-state index contributed by atoms with van der Waals surface area (Å²) in [5.74, 6) is 1.54. The Morgan fingerprint density at radius 3 is 2.76 bits per heavy atom. The molecule has 0 amide bonds. The summed E-state index contributed by atoms with van der Waals surface area (Å²) in [5, 5.41) is 12.2. The lowest BCUT2D eigenvalue weighted by Crippen LogP contribution is -1.96. The number of nitrogens with one attached hydrogen (secondary N) is 2. The molecule has 0 atom stereocenters. The smallest absolute Gasteiger partial charge is 0.189 e. The van der Waals surface area contributed by atoms with Crippen LogP contribution in [-0.4, -0.2) is 31.8 Å². The number of hydrogen-bond acceptors (Lipinski definition) is 6. The number of methoxy groups -OCH3 is 1. The molecule has 9 heteroatoms. The van der Waals surface area contributed by atoms with Crippen LogP contribution in [0.2, 0.25) is 5.02 Å². The first kappa shape index (κ1) is 17.7. The second-order valence-corrected chi connectivity index (χ2v) is 7.63. The van der Waals surface area contributed by atoms with Gasteiger partial charge in [-0.1, -0.05) is 41.1 Å². The maximum Gasteiger partial charge on any atom is 0.189 e. The first-order chi connectivity index (χ1) is 14.2. The predicted octanol–water partition coefficient (Wildman–Crippen LogP) is 5.28. The van der Waals surface area contributed by atoms with Crippen LogP contribution >= 0.6 is 22.9 Å². The van der Waals surface area contributed by atoms with Gasteiger partial charge in [-0.3, -0.25) is 9.67 Å². The Morgan fingerprint density at radius 2 is 1.97 bits per heavy atom. The molecule has 2 N–H and O–H groups in total. The van der Waals surface area contributed by atoms with Gasteiger partial charge in [0.1, 0.15) is 16.8 Å². The third kappa shape index (κ3) is 3.22. The summed E-state index contributed by atoms with van der Waals surface area (Å²) in [7, 11) is 1.65. The number of imidazole rings is 1. The van der Waals surface area contributed by atoms with Crippen molar-refractivity contribution in [1.82, 2.24) is 24.7 Å². The molecular weight excluding hydrogens is 408 g/mol. The van der Waals surface area contributed by atoms with Crippen LogP contribution in [-0.2, 0) is 0 Å². The van der Waals surface area contributed by atoms with Crippen molar-refractivity contribution in [3.05, 3.63) is 66.1 Å². The molecule has 0 aliphatic heterocycles. The van der Waals surface area contributed by atoms with E-state index in [1.54, 1.807) is 19.6 Å². The van der Waals surface area contributed by atoms with Crippen LogP contribution in [0.25, 0.3) is 27.4 Å². The quantitative estimate of drug-likeness (QED) is 0.403. The van der Waals surface area contributed by atoms with E-state index >= 15 is 0 Å².